The fourth-order valence-electron chi connectivity index (χ4n) is 2.33. The maximum Gasteiger partial charge on any atom is 0.123 e. The van der Waals surface area contributed by atoms with Crippen LogP contribution in [0.4, 0.5) is 4.39 Å². The van der Waals surface area contributed by atoms with E-state index in [0.717, 1.165) is 23.5 Å². The molecule has 1 N–H and O–H groups in total. The lowest BCUT2D eigenvalue weighted by molar-refractivity contribution is 0.401. The summed E-state index contributed by atoms with van der Waals surface area (Å²) in [5.41, 5.74) is -0.389. The van der Waals surface area contributed by atoms with Crippen LogP contribution < -0.4 is 5.32 Å². The third kappa shape index (κ3) is 3.10. The Morgan fingerprint density at radius 1 is 1.26 bits per heavy atom. The van der Waals surface area contributed by atoms with E-state index in [9.17, 15) is 9.65 Å². The fraction of sp³-hybridized carbons (Fsp3) is 0.533. The van der Waals surface area contributed by atoms with Crippen molar-refractivity contribution < 1.29 is 4.39 Å². The topological polar surface area (TPSA) is 35.8 Å². The van der Waals surface area contributed by atoms with Crippen LogP contribution in [0.1, 0.15) is 25.7 Å². The predicted octanol–water partition coefficient (Wildman–Crippen LogP) is 3.34. The Bertz CT molecular complexity index is 488. The van der Waals surface area contributed by atoms with Crippen molar-refractivity contribution in [1.82, 2.24) is 5.32 Å². The molecule has 0 bridgehead atoms. The minimum Gasteiger partial charge on any atom is -0.296 e. The van der Waals surface area contributed by atoms with Crippen LogP contribution in [0.15, 0.2) is 29.2 Å². The number of thioether (sulfide) groups is 1. The molecule has 0 amide bonds. The highest BCUT2D eigenvalue weighted by Gasteiger charge is 2.48. The summed E-state index contributed by atoms with van der Waals surface area (Å²) in [7, 11) is 0. The molecule has 0 saturated heterocycles. The Hall–Kier alpha value is -1.05. The lowest BCUT2D eigenvalue weighted by Crippen LogP contribution is -2.49. The van der Waals surface area contributed by atoms with Crippen LogP contribution in [-0.2, 0) is 0 Å². The molecule has 3 rings (SSSR count). The van der Waals surface area contributed by atoms with Crippen molar-refractivity contribution in [3.63, 3.8) is 0 Å². The van der Waals surface area contributed by atoms with Gasteiger partial charge in [-0.2, -0.15) is 5.26 Å². The van der Waals surface area contributed by atoms with Crippen molar-refractivity contribution in [2.45, 2.75) is 42.2 Å². The number of benzene rings is 1. The van der Waals surface area contributed by atoms with Gasteiger partial charge in [0.1, 0.15) is 11.4 Å². The van der Waals surface area contributed by atoms with Crippen LogP contribution in [0.3, 0.4) is 0 Å². The quantitative estimate of drug-likeness (QED) is 0.809. The Kier molecular flexibility index (Phi) is 3.51. The van der Waals surface area contributed by atoms with Crippen LogP contribution in [-0.4, -0.2) is 17.3 Å². The second-order valence-electron chi connectivity index (χ2n) is 5.52. The number of hydrogen-bond donors (Lipinski definition) is 1. The van der Waals surface area contributed by atoms with E-state index in [4.69, 9.17) is 0 Å². The van der Waals surface area contributed by atoms with Crippen molar-refractivity contribution in [1.29, 1.82) is 5.26 Å². The first-order valence-corrected chi connectivity index (χ1v) is 7.78. The molecule has 0 aromatic heterocycles. The monoisotopic (exact) mass is 276 g/mol. The molecule has 2 aliphatic rings. The second-order valence-corrected chi connectivity index (χ2v) is 6.57. The summed E-state index contributed by atoms with van der Waals surface area (Å²) in [5, 5.41) is 13.1. The molecule has 2 fully saturated rings. The van der Waals surface area contributed by atoms with Gasteiger partial charge in [0.2, 0.25) is 0 Å². The Balaban J connectivity index is 1.67. The molecule has 1 aromatic carbocycles. The smallest absolute Gasteiger partial charge is 0.123 e. The molecule has 1 aromatic rings. The first-order valence-electron chi connectivity index (χ1n) is 6.79. The lowest BCUT2D eigenvalue weighted by Gasteiger charge is -2.27. The molecule has 2 saturated carbocycles. The molecule has 100 valence electrons. The van der Waals surface area contributed by atoms with Crippen LogP contribution in [0.5, 0.6) is 0 Å². The average molecular weight is 276 g/mol. The third-order valence-corrected chi connectivity index (χ3v) is 5.00. The van der Waals surface area contributed by atoms with Crippen molar-refractivity contribution in [3.8, 4) is 6.07 Å². The molecule has 4 heteroatoms. The second kappa shape index (κ2) is 5.15. The number of nitriles is 1. The van der Waals surface area contributed by atoms with Crippen molar-refractivity contribution >= 4 is 11.8 Å². The van der Waals surface area contributed by atoms with Gasteiger partial charge in [0.25, 0.3) is 0 Å². The first kappa shape index (κ1) is 13.0. The summed E-state index contributed by atoms with van der Waals surface area (Å²) in [6.45, 7) is 0. The zero-order valence-corrected chi connectivity index (χ0v) is 11.5. The summed E-state index contributed by atoms with van der Waals surface area (Å²) in [4.78, 5) is 1.03. The first-order chi connectivity index (χ1) is 9.22. The third-order valence-electron chi connectivity index (χ3n) is 3.79. The summed E-state index contributed by atoms with van der Waals surface area (Å²) < 4.78 is 12.9. The van der Waals surface area contributed by atoms with Crippen LogP contribution in [0, 0.1) is 23.1 Å². The zero-order chi connectivity index (χ0) is 13.3. The van der Waals surface area contributed by atoms with Crippen molar-refractivity contribution in [3.05, 3.63) is 30.1 Å². The van der Waals surface area contributed by atoms with E-state index in [1.807, 2.05) is 0 Å². The molecule has 2 aliphatic carbocycles. The number of hydrogen-bond acceptors (Lipinski definition) is 3. The highest BCUT2D eigenvalue weighted by molar-refractivity contribution is 7.99. The molecule has 1 unspecified atom stereocenters. The van der Waals surface area contributed by atoms with E-state index in [1.165, 1.54) is 25.0 Å². The normalized spacial score (nSPS) is 21.7. The molecule has 0 heterocycles. The number of rotatable bonds is 6. The van der Waals surface area contributed by atoms with E-state index in [1.54, 1.807) is 23.9 Å². The summed E-state index contributed by atoms with van der Waals surface area (Å²) in [6, 6.07) is 9.58. The number of halogens is 1. The molecule has 19 heavy (non-hydrogen) atoms. The van der Waals surface area contributed by atoms with Crippen LogP contribution >= 0.6 is 11.8 Å². The van der Waals surface area contributed by atoms with Gasteiger partial charge in [0.05, 0.1) is 6.07 Å². The van der Waals surface area contributed by atoms with E-state index in [0.29, 0.717) is 12.0 Å². The minimum absolute atomic E-state index is 0.214. The van der Waals surface area contributed by atoms with Gasteiger partial charge in [-0.3, -0.25) is 5.32 Å². The van der Waals surface area contributed by atoms with Crippen LogP contribution in [0.25, 0.3) is 0 Å². The van der Waals surface area contributed by atoms with Gasteiger partial charge in [-0.25, -0.2) is 4.39 Å². The van der Waals surface area contributed by atoms with Gasteiger partial charge < -0.3 is 0 Å². The van der Waals surface area contributed by atoms with Gasteiger partial charge in [-0.15, -0.1) is 11.8 Å². The Morgan fingerprint density at radius 3 is 2.47 bits per heavy atom. The van der Waals surface area contributed by atoms with E-state index in [2.05, 4.69) is 11.4 Å². The number of nitrogens with one attached hydrogen (secondary N) is 1. The van der Waals surface area contributed by atoms with Gasteiger partial charge in [-0.05, 0) is 55.9 Å². The summed E-state index contributed by atoms with van der Waals surface area (Å²) >= 11 is 1.65. The molecule has 0 spiro atoms. The minimum atomic E-state index is -0.389. The number of nitrogens with zero attached hydrogens (tertiary/aromatic N) is 1. The highest BCUT2D eigenvalue weighted by atomic mass is 32.2. The molecule has 0 radical (unpaired) electrons. The Morgan fingerprint density at radius 2 is 1.95 bits per heavy atom. The van der Waals surface area contributed by atoms with E-state index < -0.39 is 0 Å². The van der Waals surface area contributed by atoms with Gasteiger partial charge >= 0.3 is 0 Å². The average Bonchev–Trinajstić information content (AvgIpc) is 3.28. The van der Waals surface area contributed by atoms with Crippen molar-refractivity contribution in [2.24, 2.45) is 5.92 Å². The highest BCUT2D eigenvalue weighted by Crippen LogP contribution is 2.43. The molecule has 2 nitrogen and oxygen atoms in total. The van der Waals surface area contributed by atoms with Gasteiger partial charge in [0, 0.05) is 16.7 Å². The van der Waals surface area contributed by atoms with E-state index in [-0.39, 0.29) is 11.4 Å². The summed E-state index contributed by atoms with van der Waals surface area (Å²) in [5.74, 6) is 1.02. The van der Waals surface area contributed by atoms with Gasteiger partial charge in [-0.1, -0.05) is 0 Å². The standard InChI is InChI=1S/C15H17FN2S/c16-12-3-7-14(8-4-12)19-10-15(9-17,11-1-2-11)18-13-5-6-13/h3-4,7-8,11,13,18H,1-2,5-6,10H2. The molecule has 1 atom stereocenters. The predicted molar refractivity (Wildman–Crippen MR) is 74.3 cm³/mol. The van der Waals surface area contributed by atoms with Gasteiger partial charge in [0.15, 0.2) is 0 Å². The molecular formula is C15H17FN2S. The lowest BCUT2D eigenvalue weighted by atomic mass is 9.97. The maximum absolute atomic E-state index is 12.9. The Labute approximate surface area is 117 Å². The molecular weight excluding hydrogens is 259 g/mol. The SMILES string of the molecule is N#CC(CSc1ccc(F)cc1)(NC1CC1)C1CC1. The fourth-order valence-corrected chi connectivity index (χ4v) is 3.44. The largest absolute Gasteiger partial charge is 0.296 e. The van der Waals surface area contributed by atoms with E-state index >= 15 is 0 Å². The van der Waals surface area contributed by atoms with Crippen molar-refractivity contribution in [2.75, 3.05) is 5.75 Å². The van der Waals surface area contributed by atoms with Crippen LogP contribution in [0.2, 0.25) is 0 Å². The zero-order valence-electron chi connectivity index (χ0n) is 10.7. The summed E-state index contributed by atoms with van der Waals surface area (Å²) in [6.07, 6.45) is 4.68. The maximum atomic E-state index is 12.9. The molecule has 0 aliphatic heterocycles.